The monoisotopic (exact) mass is 392 g/mol. The number of benzene rings is 2. The Kier molecular flexibility index (Phi) is 5.60. The highest BCUT2D eigenvalue weighted by molar-refractivity contribution is 5.85. The molecule has 0 spiro atoms. The predicted octanol–water partition coefficient (Wildman–Crippen LogP) is 4.13. The van der Waals surface area contributed by atoms with Gasteiger partial charge < -0.3 is 4.90 Å². The second-order valence-corrected chi connectivity index (χ2v) is 7.75. The van der Waals surface area contributed by atoms with E-state index in [-0.39, 0.29) is 12.4 Å². The summed E-state index contributed by atoms with van der Waals surface area (Å²) in [7, 11) is 0. The summed E-state index contributed by atoms with van der Waals surface area (Å²) in [5.74, 6) is 2.49. The van der Waals surface area contributed by atoms with Gasteiger partial charge in [-0.05, 0) is 29.5 Å². The summed E-state index contributed by atoms with van der Waals surface area (Å²) >= 11 is 0. The van der Waals surface area contributed by atoms with Crippen LogP contribution in [-0.4, -0.2) is 41.3 Å². The lowest BCUT2D eigenvalue weighted by Crippen LogP contribution is -2.29. The maximum absolute atomic E-state index is 4.51. The zero-order valence-electron chi connectivity index (χ0n) is 15.8. The van der Waals surface area contributed by atoms with Gasteiger partial charge in [0.25, 0.3) is 0 Å². The molecule has 3 heterocycles. The first-order chi connectivity index (χ1) is 13.3. The first kappa shape index (κ1) is 18.9. The van der Waals surface area contributed by atoms with Gasteiger partial charge in [-0.25, -0.2) is 0 Å². The molecule has 2 aromatic carbocycles. The van der Waals surface area contributed by atoms with E-state index in [0.717, 1.165) is 48.5 Å². The molecule has 2 aliphatic heterocycles. The number of fused-ring (bicyclic) bond motifs is 1. The lowest BCUT2D eigenvalue weighted by atomic mass is 10.0. The average molecular weight is 393 g/mol. The number of rotatable bonds is 4. The molecule has 0 bridgehead atoms. The van der Waals surface area contributed by atoms with Crippen molar-refractivity contribution in [1.82, 2.24) is 15.1 Å². The number of nitrogens with zero attached hydrogens (tertiary/aromatic N) is 4. The quantitative estimate of drug-likeness (QED) is 0.668. The van der Waals surface area contributed by atoms with E-state index >= 15 is 0 Å². The Morgan fingerprint density at radius 2 is 1.36 bits per heavy atom. The van der Waals surface area contributed by atoms with Crippen molar-refractivity contribution in [1.29, 1.82) is 0 Å². The summed E-state index contributed by atoms with van der Waals surface area (Å²) in [6, 6.07) is 25.3. The highest BCUT2D eigenvalue weighted by Gasteiger charge is 2.40. The van der Waals surface area contributed by atoms with E-state index in [1.807, 2.05) is 18.2 Å². The highest BCUT2D eigenvalue weighted by Crippen LogP contribution is 2.34. The van der Waals surface area contributed by atoms with Crippen molar-refractivity contribution in [2.45, 2.75) is 6.54 Å². The number of aromatic nitrogens is 2. The van der Waals surface area contributed by atoms with Gasteiger partial charge in [0.05, 0.1) is 5.69 Å². The Morgan fingerprint density at radius 3 is 1.96 bits per heavy atom. The van der Waals surface area contributed by atoms with E-state index in [1.165, 1.54) is 18.7 Å². The van der Waals surface area contributed by atoms with Crippen molar-refractivity contribution < 1.29 is 0 Å². The van der Waals surface area contributed by atoms with Crippen molar-refractivity contribution in [2.24, 2.45) is 11.8 Å². The molecule has 2 fully saturated rings. The average Bonchev–Trinajstić information content (AvgIpc) is 3.28. The van der Waals surface area contributed by atoms with Crippen molar-refractivity contribution in [2.75, 3.05) is 31.1 Å². The van der Waals surface area contributed by atoms with E-state index in [1.54, 1.807) is 0 Å². The van der Waals surface area contributed by atoms with Crippen LogP contribution in [0.3, 0.4) is 0 Å². The van der Waals surface area contributed by atoms with Crippen LogP contribution < -0.4 is 4.90 Å². The van der Waals surface area contributed by atoms with Crippen LogP contribution in [-0.2, 0) is 6.54 Å². The second kappa shape index (κ2) is 8.29. The Hall–Kier alpha value is -2.43. The third-order valence-corrected chi connectivity index (χ3v) is 5.85. The van der Waals surface area contributed by atoms with Crippen LogP contribution in [0.2, 0.25) is 0 Å². The van der Waals surface area contributed by atoms with Crippen LogP contribution in [0.25, 0.3) is 11.3 Å². The third kappa shape index (κ3) is 3.89. The lowest BCUT2D eigenvalue weighted by Gasteiger charge is -2.22. The Balaban J connectivity index is 0.00000192. The summed E-state index contributed by atoms with van der Waals surface area (Å²) in [6.07, 6.45) is 0. The second-order valence-electron chi connectivity index (χ2n) is 7.75. The topological polar surface area (TPSA) is 32.3 Å². The lowest BCUT2D eigenvalue weighted by molar-refractivity contribution is 0.309. The summed E-state index contributed by atoms with van der Waals surface area (Å²) in [5.41, 5.74) is 3.47. The fourth-order valence-corrected chi connectivity index (χ4v) is 4.50. The van der Waals surface area contributed by atoms with Gasteiger partial charge in [0, 0.05) is 38.3 Å². The van der Waals surface area contributed by atoms with Crippen LogP contribution in [0, 0.1) is 11.8 Å². The fourth-order valence-electron chi connectivity index (χ4n) is 4.50. The van der Waals surface area contributed by atoms with Gasteiger partial charge in [-0.2, -0.15) is 0 Å². The number of halogens is 1. The normalized spacial score (nSPS) is 21.4. The van der Waals surface area contributed by atoms with Crippen molar-refractivity contribution in [3.8, 4) is 11.3 Å². The molecule has 4 nitrogen and oxygen atoms in total. The number of hydrogen-bond acceptors (Lipinski definition) is 4. The molecule has 2 atom stereocenters. The maximum Gasteiger partial charge on any atom is 0.151 e. The predicted molar refractivity (Wildman–Crippen MR) is 116 cm³/mol. The Morgan fingerprint density at radius 1 is 0.714 bits per heavy atom. The molecule has 2 saturated heterocycles. The number of likely N-dealkylation sites (tertiary alicyclic amines) is 1. The van der Waals surface area contributed by atoms with Gasteiger partial charge in [-0.15, -0.1) is 22.6 Å². The molecule has 144 valence electrons. The Bertz CT molecular complexity index is 871. The maximum atomic E-state index is 4.51. The summed E-state index contributed by atoms with van der Waals surface area (Å²) < 4.78 is 0. The van der Waals surface area contributed by atoms with Crippen molar-refractivity contribution in [3.05, 3.63) is 78.4 Å². The largest absolute Gasteiger partial charge is 0.354 e. The van der Waals surface area contributed by atoms with E-state index in [0.29, 0.717) is 0 Å². The molecule has 5 rings (SSSR count). The molecule has 28 heavy (non-hydrogen) atoms. The summed E-state index contributed by atoms with van der Waals surface area (Å²) in [6.45, 7) is 5.63. The first-order valence-electron chi connectivity index (χ1n) is 9.75. The molecule has 2 aliphatic rings. The molecule has 0 amide bonds. The molecule has 0 saturated carbocycles. The molecule has 3 aromatic rings. The van der Waals surface area contributed by atoms with Crippen molar-refractivity contribution >= 4 is 18.2 Å². The number of hydrogen-bond donors (Lipinski definition) is 0. The van der Waals surface area contributed by atoms with Gasteiger partial charge in [0.1, 0.15) is 0 Å². The molecular weight excluding hydrogens is 368 g/mol. The summed E-state index contributed by atoms with van der Waals surface area (Å²) in [4.78, 5) is 5.02. The minimum atomic E-state index is 0. The van der Waals surface area contributed by atoms with Crippen LogP contribution in [0.1, 0.15) is 5.56 Å². The molecule has 0 N–H and O–H groups in total. The van der Waals surface area contributed by atoms with Crippen LogP contribution in [0.4, 0.5) is 5.82 Å². The minimum Gasteiger partial charge on any atom is -0.354 e. The SMILES string of the molecule is Cl.c1ccc(CN2CC3CN(c4ccc(-c5ccccc5)nn4)CC3C2)cc1. The van der Waals surface area contributed by atoms with Gasteiger partial charge in [-0.1, -0.05) is 60.7 Å². The first-order valence-corrected chi connectivity index (χ1v) is 9.75. The molecule has 1 aromatic heterocycles. The third-order valence-electron chi connectivity index (χ3n) is 5.85. The smallest absolute Gasteiger partial charge is 0.151 e. The number of anilines is 1. The zero-order chi connectivity index (χ0) is 18.1. The van der Waals surface area contributed by atoms with E-state index in [9.17, 15) is 0 Å². The molecule has 0 radical (unpaired) electrons. The zero-order valence-corrected chi connectivity index (χ0v) is 16.6. The minimum absolute atomic E-state index is 0. The molecule has 2 unspecified atom stereocenters. The fraction of sp³-hybridized carbons (Fsp3) is 0.304. The van der Waals surface area contributed by atoms with Crippen LogP contribution in [0.5, 0.6) is 0 Å². The van der Waals surface area contributed by atoms with Gasteiger partial charge in [-0.3, -0.25) is 4.90 Å². The standard InChI is InChI=1S/C23H24N4.ClH/c1-3-7-18(8-4-1)13-26-14-20-16-27(17-21(20)15-26)23-12-11-22(24-25-23)19-9-5-2-6-10-19;/h1-12,20-21H,13-17H2;1H. The van der Waals surface area contributed by atoms with Gasteiger partial charge >= 0.3 is 0 Å². The van der Waals surface area contributed by atoms with Gasteiger partial charge in [0.2, 0.25) is 0 Å². The van der Waals surface area contributed by atoms with Gasteiger partial charge in [0.15, 0.2) is 5.82 Å². The molecular formula is C23H25ClN4. The summed E-state index contributed by atoms with van der Waals surface area (Å²) in [5, 5.41) is 8.97. The van der Waals surface area contributed by atoms with Crippen LogP contribution in [0.15, 0.2) is 72.8 Å². The van der Waals surface area contributed by atoms with Crippen molar-refractivity contribution in [3.63, 3.8) is 0 Å². The molecule has 0 aliphatic carbocycles. The van der Waals surface area contributed by atoms with E-state index in [2.05, 4.69) is 74.6 Å². The van der Waals surface area contributed by atoms with E-state index in [4.69, 9.17) is 0 Å². The highest BCUT2D eigenvalue weighted by atomic mass is 35.5. The Labute approximate surface area is 172 Å². The van der Waals surface area contributed by atoms with Crippen LogP contribution >= 0.6 is 12.4 Å². The molecule has 5 heteroatoms. The van der Waals surface area contributed by atoms with E-state index < -0.39 is 0 Å².